The molecule has 0 aromatic heterocycles. The zero-order chi connectivity index (χ0) is 13.7. The Morgan fingerprint density at radius 1 is 1.26 bits per heavy atom. The van der Waals surface area contributed by atoms with Crippen LogP contribution in [0.15, 0.2) is 24.3 Å². The van der Waals surface area contributed by atoms with E-state index in [4.69, 9.17) is 5.11 Å². The fourth-order valence-corrected chi connectivity index (χ4v) is 2.34. The van der Waals surface area contributed by atoms with E-state index < -0.39 is 5.97 Å². The SMILES string of the molecule is O=C(O)CNC(=O)CN1CCCc2ccccc2C1. The quantitative estimate of drug-likeness (QED) is 0.835. The van der Waals surface area contributed by atoms with Crippen molar-refractivity contribution in [1.82, 2.24) is 10.2 Å². The highest BCUT2D eigenvalue weighted by Crippen LogP contribution is 2.17. The first-order chi connectivity index (χ1) is 9.15. The van der Waals surface area contributed by atoms with Gasteiger partial charge >= 0.3 is 5.97 Å². The van der Waals surface area contributed by atoms with Gasteiger partial charge in [0.2, 0.25) is 5.91 Å². The van der Waals surface area contributed by atoms with Crippen LogP contribution in [0.3, 0.4) is 0 Å². The second kappa shape index (κ2) is 6.33. The number of benzene rings is 1. The number of aryl methyl sites for hydroxylation is 1. The lowest BCUT2D eigenvalue weighted by Crippen LogP contribution is -2.39. The molecule has 2 rings (SSSR count). The molecule has 1 aromatic rings. The summed E-state index contributed by atoms with van der Waals surface area (Å²) in [6.45, 7) is 1.54. The number of rotatable bonds is 4. The summed E-state index contributed by atoms with van der Waals surface area (Å²) < 4.78 is 0. The average molecular weight is 262 g/mol. The van der Waals surface area contributed by atoms with Crippen LogP contribution in [0.1, 0.15) is 17.5 Å². The number of hydrogen-bond acceptors (Lipinski definition) is 3. The molecule has 0 unspecified atom stereocenters. The van der Waals surface area contributed by atoms with Gasteiger partial charge in [-0.15, -0.1) is 0 Å². The fraction of sp³-hybridized carbons (Fsp3) is 0.429. The summed E-state index contributed by atoms with van der Waals surface area (Å²) in [5.41, 5.74) is 2.60. The fourth-order valence-electron chi connectivity index (χ4n) is 2.34. The van der Waals surface area contributed by atoms with Crippen molar-refractivity contribution in [3.05, 3.63) is 35.4 Å². The van der Waals surface area contributed by atoms with Crippen LogP contribution in [-0.2, 0) is 22.6 Å². The highest BCUT2D eigenvalue weighted by molar-refractivity contribution is 5.82. The molecule has 0 aliphatic carbocycles. The third-order valence-electron chi connectivity index (χ3n) is 3.24. The highest BCUT2D eigenvalue weighted by Gasteiger charge is 2.16. The molecule has 1 aliphatic heterocycles. The molecule has 5 nitrogen and oxygen atoms in total. The van der Waals surface area contributed by atoms with Gasteiger partial charge in [-0.2, -0.15) is 0 Å². The molecule has 5 heteroatoms. The van der Waals surface area contributed by atoms with Gasteiger partial charge in [-0.1, -0.05) is 24.3 Å². The smallest absolute Gasteiger partial charge is 0.322 e. The van der Waals surface area contributed by atoms with Crippen molar-refractivity contribution >= 4 is 11.9 Å². The van der Waals surface area contributed by atoms with Gasteiger partial charge in [-0.25, -0.2) is 0 Å². The minimum Gasteiger partial charge on any atom is -0.480 e. The van der Waals surface area contributed by atoms with E-state index >= 15 is 0 Å². The van der Waals surface area contributed by atoms with E-state index in [1.807, 2.05) is 12.1 Å². The van der Waals surface area contributed by atoms with E-state index in [-0.39, 0.29) is 19.0 Å². The molecule has 1 amide bonds. The predicted molar refractivity (Wildman–Crippen MR) is 70.7 cm³/mol. The lowest BCUT2D eigenvalue weighted by molar-refractivity contribution is -0.138. The molecular weight excluding hydrogens is 244 g/mol. The lowest BCUT2D eigenvalue weighted by Gasteiger charge is -2.19. The molecule has 0 atom stereocenters. The van der Waals surface area contributed by atoms with Crippen LogP contribution in [0.25, 0.3) is 0 Å². The minimum absolute atomic E-state index is 0.234. The number of hydrogen-bond donors (Lipinski definition) is 2. The van der Waals surface area contributed by atoms with Crippen molar-refractivity contribution < 1.29 is 14.7 Å². The average Bonchev–Trinajstić information content (AvgIpc) is 2.58. The van der Waals surface area contributed by atoms with E-state index in [9.17, 15) is 9.59 Å². The zero-order valence-corrected chi connectivity index (χ0v) is 10.8. The van der Waals surface area contributed by atoms with Gasteiger partial charge in [0, 0.05) is 6.54 Å². The molecule has 0 bridgehead atoms. The van der Waals surface area contributed by atoms with E-state index in [1.54, 1.807) is 0 Å². The molecule has 1 aromatic carbocycles. The summed E-state index contributed by atoms with van der Waals surface area (Å²) in [5.74, 6) is -1.25. The number of carboxylic acid groups (broad SMARTS) is 1. The second-order valence-corrected chi connectivity index (χ2v) is 4.75. The van der Waals surface area contributed by atoms with E-state index in [1.165, 1.54) is 11.1 Å². The Labute approximate surface area is 112 Å². The second-order valence-electron chi connectivity index (χ2n) is 4.75. The van der Waals surface area contributed by atoms with Crippen molar-refractivity contribution in [2.24, 2.45) is 0 Å². The molecule has 0 radical (unpaired) electrons. The Hall–Kier alpha value is -1.88. The van der Waals surface area contributed by atoms with Gasteiger partial charge in [0.15, 0.2) is 0 Å². The third-order valence-corrected chi connectivity index (χ3v) is 3.24. The summed E-state index contributed by atoms with van der Waals surface area (Å²) in [6.07, 6.45) is 2.05. The molecule has 0 spiro atoms. The van der Waals surface area contributed by atoms with Crippen LogP contribution in [-0.4, -0.2) is 41.5 Å². The first-order valence-electron chi connectivity index (χ1n) is 6.43. The molecule has 1 heterocycles. The topological polar surface area (TPSA) is 69.6 Å². The standard InChI is InChI=1S/C14H18N2O3/c17-13(15-8-14(18)19)10-16-7-3-6-11-4-1-2-5-12(11)9-16/h1-2,4-5H,3,6-10H2,(H,15,17)(H,18,19). The van der Waals surface area contributed by atoms with Gasteiger partial charge in [0.25, 0.3) is 0 Å². The summed E-state index contributed by atoms with van der Waals surface area (Å²) in [7, 11) is 0. The first-order valence-corrected chi connectivity index (χ1v) is 6.43. The Bertz CT molecular complexity index is 474. The maximum Gasteiger partial charge on any atom is 0.322 e. The van der Waals surface area contributed by atoms with Gasteiger partial charge in [0.05, 0.1) is 6.54 Å². The zero-order valence-electron chi connectivity index (χ0n) is 10.8. The molecule has 0 fully saturated rings. The van der Waals surface area contributed by atoms with E-state index in [2.05, 4.69) is 22.3 Å². The van der Waals surface area contributed by atoms with Crippen molar-refractivity contribution in [3.8, 4) is 0 Å². The Balaban J connectivity index is 1.92. The van der Waals surface area contributed by atoms with Crippen LogP contribution >= 0.6 is 0 Å². The molecule has 1 aliphatic rings. The van der Waals surface area contributed by atoms with Crippen LogP contribution in [0.4, 0.5) is 0 Å². The maximum absolute atomic E-state index is 11.6. The normalized spacial score (nSPS) is 15.4. The summed E-state index contributed by atoms with van der Waals surface area (Å²) >= 11 is 0. The number of carbonyl (C=O) groups excluding carboxylic acids is 1. The number of nitrogens with zero attached hydrogens (tertiary/aromatic N) is 1. The number of fused-ring (bicyclic) bond motifs is 1. The maximum atomic E-state index is 11.6. The van der Waals surface area contributed by atoms with Gasteiger partial charge in [0.1, 0.15) is 6.54 Å². The summed E-state index contributed by atoms with van der Waals surface area (Å²) in [6, 6.07) is 8.26. The Kier molecular flexibility index (Phi) is 4.52. The van der Waals surface area contributed by atoms with Crippen molar-refractivity contribution in [3.63, 3.8) is 0 Å². The van der Waals surface area contributed by atoms with E-state index in [0.717, 1.165) is 25.9 Å². The van der Waals surface area contributed by atoms with Crippen molar-refractivity contribution in [2.45, 2.75) is 19.4 Å². The van der Waals surface area contributed by atoms with Crippen molar-refractivity contribution in [2.75, 3.05) is 19.6 Å². The van der Waals surface area contributed by atoms with Gasteiger partial charge in [-0.05, 0) is 30.5 Å². The van der Waals surface area contributed by atoms with Crippen LogP contribution < -0.4 is 5.32 Å². The van der Waals surface area contributed by atoms with Crippen LogP contribution in [0.5, 0.6) is 0 Å². The number of carboxylic acids is 1. The number of carbonyl (C=O) groups is 2. The summed E-state index contributed by atoms with van der Waals surface area (Å²) in [4.78, 5) is 24.1. The van der Waals surface area contributed by atoms with Crippen molar-refractivity contribution in [1.29, 1.82) is 0 Å². The molecule has 2 N–H and O–H groups in total. The third kappa shape index (κ3) is 4.06. The number of amides is 1. The molecule has 19 heavy (non-hydrogen) atoms. The molecular formula is C14H18N2O3. The van der Waals surface area contributed by atoms with E-state index in [0.29, 0.717) is 0 Å². The van der Waals surface area contributed by atoms with Crippen LogP contribution in [0, 0.1) is 0 Å². The van der Waals surface area contributed by atoms with Gasteiger partial charge < -0.3 is 10.4 Å². The Morgan fingerprint density at radius 2 is 2.00 bits per heavy atom. The molecule has 102 valence electrons. The monoisotopic (exact) mass is 262 g/mol. The highest BCUT2D eigenvalue weighted by atomic mass is 16.4. The molecule has 0 saturated heterocycles. The lowest BCUT2D eigenvalue weighted by atomic mass is 10.0. The number of aliphatic carboxylic acids is 1. The number of nitrogens with one attached hydrogen (secondary N) is 1. The predicted octanol–water partition coefficient (Wildman–Crippen LogP) is 0.636. The largest absolute Gasteiger partial charge is 0.480 e. The summed E-state index contributed by atoms with van der Waals surface area (Å²) in [5, 5.41) is 10.9. The minimum atomic E-state index is -1.02. The Morgan fingerprint density at radius 3 is 2.74 bits per heavy atom. The van der Waals surface area contributed by atoms with Crippen LogP contribution in [0.2, 0.25) is 0 Å². The molecule has 0 saturated carbocycles. The first kappa shape index (κ1) is 13.5. The van der Waals surface area contributed by atoms with Gasteiger partial charge in [-0.3, -0.25) is 14.5 Å².